The first-order chi connectivity index (χ1) is 11.1. The van der Waals surface area contributed by atoms with Crippen LogP contribution in [0.2, 0.25) is 0 Å². The highest BCUT2D eigenvalue weighted by atomic mass is 16.5. The van der Waals surface area contributed by atoms with Crippen molar-refractivity contribution in [1.82, 2.24) is 10.9 Å². The third kappa shape index (κ3) is 4.96. The Bertz CT molecular complexity index is 714. The standard InChI is InChI=1S/C17H16N2O4/c1-12-6-5-9-14(10-12)17(22)23-11-15(20)18-19-16(21)13-7-3-2-4-8-13/h2-10H,11H2,1H3,(H,18,20)(H,19,21). The number of carbonyl (C=O) groups excluding carboxylic acids is 3. The molecule has 118 valence electrons. The monoisotopic (exact) mass is 312 g/mol. The van der Waals surface area contributed by atoms with Gasteiger partial charge in [-0.25, -0.2) is 4.79 Å². The molecule has 0 aliphatic heterocycles. The molecule has 0 fully saturated rings. The lowest BCUT2D eigenvalue weighted by Gasteiger charge is -2.08. The van der Waals surface area contributed by atoms with Crippen LogP contribution in [0.5, 0.6) is 0 Å². The van der Waals surface area contributed by atoms with Crippen LogP contribution in [-0.2, 0) is 9.53 Å². The molecular weight excluding hydrogens is 296 g/mol. The topological polar surface area (TPSA) is 84.5 Å². The second kappa shape index (κ2) is 7.74. The van der Waals surface area contributed by atoms with Crippen LogP contribution in [0.15, 0.2) is 54.6 Å². The summed E-state index contributed by atoms with van der Waals surface area (Å²) >= 11 is 0. The molecule has 0 heterocycles. The van der Waals surface area contributed by atoms with Gasteiger partial charge >= 0.3 is 5.97 Å². The Morgan fingerprint density at radius 2 is 1.61 bits per heavy atom. The van der Waals surface area contributed by atoms with Crippen molar-refractivity contribution in [2.24, 2.45) is 0 Å². The van der Waals surface area contributed by atoms with Crippen LogP contribution in [0.4, 0.5) is 0 Å². The molecule has 0 saturated heterocycles. The Kier molecular flexibility index (Phi) is 5.46. The molecule has 0 saturated carbocycles. The smallest absolute Gasteiger partial charge is 0.338 e. The van der Waals surface area contributed by atoms with Crippen LogP contribution >= 0.6 is 0 Å². The fourth-order valence-corrected chi connectivity index (χ4v) is 1.81. The van der Waals surface area contributed by atoms with Crippen LogP contribution in [0.25, 0.3) is 0 Å². The summed E-state index contributed by atoms with van der Waals surface area (Å²) in [4.78, 5) is 35.1. The van der Waals surface area contributed by atoms with Gasteiger partial charge in [0.25, 0.3) is 11.8 Å². The molecule has 2 amide bonds. The highest BCUT2D eigenvalue weighted by molar-refractivity contribution is 5.96. The predicted molar refractivity (Wildman–Crippen MR) is 83.5 cm³/mol. The average molecular weight is 312 g/mol. The number of ether oxygens (including phenoxy) is 1. The molecule has 0 unspecified atom stereocenters. The third-order valence-electron chi connectivity index (χ3n) is 2.94. The maximum absolute atomic E-state index is 11.8. The molecule has 0 aliphatic rings. The van der Waals surface area contributed by atoms with Crippen molar-refractivity contribution in [3.63, 3.8) is 0 Å². The van der Waals surface area contributed by atoms with Gasteiger partial charge in [-0.15, -0.1) is 0 Å². The summed E-state index contributed by atoms with van der Waals surface area (Å²) in [6, 6.07) is 15.3. The van der Waals surface area contributed by atoms with Gasteiger partial charge in [0.15, 0.2) is 6.61 Å². The van der Waals surface area contributed by atoms with E-state index in [1.165, 1.54) is 0 Å². The zero-order valence-electron chi connectivity index (χ0n) is 12.5. The maximum atomic E-state index is 11.8. The van der Waals surface area contributed by atoms with Gasteiger partial charge in [-0.2, -0.15) is 0 Å². The summed E-state index contributed by atoms with van der Waals surface area (Å²) in [5.74, 6) is -1.68. The molecule has 0 aliphatic carbocycles. The van der Waals surface area contributed by atoms with Gasteiger partial charge in [0, 0.05) is 5.56 Å². The zero-order chi connectivity index (χ0) is 16.7. The number of hydrogen-bond acceptors (Lipinski definition) is 4. The van der Waals surface area contributed by atoms with E-state index < -0.39 is 24.4 Å². The summed E-state index contributed by atoms with van der Waals surface area (Å²) in [5, 5.41) is 0. The van der Waals surface area contributed by atoms with Crippen molar-refractivity contribution in [2.45, 2.75) is 6.92 Å². The Labute approximate surface area is 133 Å². The summed E-state index contributed by atoms with van der Waals surface area (Å²) in [6.45, 7) is 1.37. The van der Waals surface area contributed by atoms with E-state index in [1.54, 1.807) is 48.5 Å². The van der Waals surface area contributed by atoms with Crippen molar-refractivity contribution in [3.05, 3.63) is 71.3 Å². The van der Waals surface area contributed by atoms with Crippen LogP contribution in [-0.4, -0.2) is 24.4 Å². The van der Waals surface area contributed by atoms with E-state index in [2.05, 4.69) is 10.9 Å². The SMILES string of the molecule is Cc1cccc(C(=O)OCC(=O)NNC(=O)c2ccccc2)c1. The Morgan fingerprint density at radius 1 is 0.913 bits per heavy atom. The Balaban J connectivity index is 1.77. The molecule has 2 aromatic carbocycles. The predicted octanol–water partition coefficient (Wildman–Crippen LogP) is 1.61. The van der Waals surface area contributed by atoms with E-state index in [4.69, 9.17) is 4.74 Å². The summed E-state index contributed by atoms with van der Waals surface area (Å²) in [6.07, 6.45) is 0. The van der Waals surface area contributed by atoms with Crippen LogP contribution in [0.3, 0.4) is 0 Å². The lowest BCUT2D eigenvalue weighted by molar-refractivity contribution is -0.125. The number of benzene rings is 2. The van der Waals surface area contributed by atoms with Crippen LogP contribution in [0.1, 0.15) is 26.3 Å². The number of amides is 2. The minimum absolute atomic E-state index is 0.367. The van der Waals surface area contributed by atoms with Gasteiger partial charge in [0.1, 0.15) is 0 Å². The van der Waals surface area contributed by atoms with Crippen LogP contribution in [0, 0.1) is 6.92 Å². The minimum atomic E-state index is -0.629. The van der Waals surface area contributed by atoms with Gasteiger partial charge in [0.05, 0.1) is 5.56 Å². The van der Waals surface area contributed by atoms with Crippen molar-refractivity contribution in [1.29, 1.82) is 0 Å². The van der Waals surface area contributed by atoms with E-state index >= 15 is 0 Å². The molecule has 0 radical (unpaired) electrons. The minimum Gasteiger partial charge on any atom is -0.452 e. The Morgan fingerprint density at radius 3 is 2.30 bits per heavy atom. The number of esters is 1. The lowest BCUT2D eigenvalue weighted by Crippen LogP contribution is -2.43. The fraction of sp³-hybridized carbons (Fsp3) is 0.118. The third-order valence-corrected chi connectivity index (χ3v) is 2.94. The molecule has 6 nitrogen and oxygen atoms in total. The molecule has 0 atom stereocenters. The van der Waals surface area contributed by atoms with E-state index in [-0.39, 0.29) is 0 Å². The van der Waals surface area contributed by atoms with E-state index in [1.807, 2.05) is 13.0 Å². The van der Waals surface area contributed by atoms with Crippen LogP contribution < -0.4 is 10.9 Å². The molecule has 2 N–H and O–H groups in total. The molecule has 0 aromatic heterocycles. The molecule has 23 heavy (non-hydrogen) atoms. The number of aryl methyl sites for hydroxylation is 1. The quantitative estimate of drug-likeness (QED) is 0.663. The summed E-state index contributed by atoms with van der Waals surface area (Å²) < 4.78 is 4.88. The zero-order valence-corrected chi connectivity index (χ0v) is 12.5. The molecule has 2 rings (SSSR count). The second-order valence-corrected chi connectivity index (χ2v) is 4.81. The number of carbonyl (C=O) groups is 3. The average Bonchev–Trinajstić information content (AvgIpc) is 2.58. The van der Waals surface area contributed by atoms with E-state index in [9.17, 15) is 14.4 Å². The number of rotatable bonds is 4. The highest BCUT2D eigenvalue weighted by Gasteiger charge is 2.11. The largest absolute Gasteiger partial charge is 0.452 e. The van der Waals surface area contributed by atoms with E-state index in [0.29, 0.717) is 11.1 Å². The summed E-state index contributed by atoms with van der Waals surface area (Å²) in [7, 11) is 0. The van der Waals surface area contributed by atoms with E-state index in [0.717, 1.165) is 5.56 Å². The first-order valence-electron chi connectivity index (χ1n) is 6.94. The first-order valence-corrected chi connectivity index (χ1v) is 6.94. The highest BCUT2D eigenvalue weighted by Crippen LogP contribution is 2.05. The van der Waals surface area contributed by atoms with Gasteiger partial charge in [-0.05, 0) is 31.2 Å². The number of hydrogen-bond donors (Lipinski definition) is 2. The maximum Gasteiger partial charge on any atom is 0.338 e. The van der Waals surface area contributed by atoms with Gasteiger partial charge in [-0.3, -0.25) is 20.4 Å². The van der Waals surface area contributed by atoms with Gasteiger partial charge < -0.3 is 4.74 Å². The van der Waals surface area contributed by atoms with Crippen molar-refractivity contribution in [2.75, 3.05) is 6.61 Å². The number of hydrazine groups is 1. The summed E-state index contributed by atoms with van der Waals surface area (Å²) in [5.41, 5.74) is 6.11. The van der Waals surface area contributed by atoms with Crippen molar-refractivity contribution >= 4 is 17.8 Å². The Hall–Kier alpha value is -3.15. The van der Waals surface area contributed by atoms with Gasteiger partial charge in [-0.1, -0.05) is 35.9 Å². The molecule has 0 bridgehead atoms. The number of nitrogens with one attached hydrogen (secondary N) is 2. The van der Waals surface area contributed by atoms with Crippen molar-refractivity contribution in [3.8, 4) is 0 Å². The lowest BCUT2D eigenvalue weighted by atomic mass is 10.1. The normalized spacial score (nSPS) is 9.78. The molecule has 0 spiro atoms. The second-order valence-electron chi connectivity index (χ2n) is 4.81. The van der Waals surface area contributed by atoms with Gasteiger partial charge in [0.2, 0.25) is 0 Å². The molecule has 2 aromatic rings. The first kappa shape index (κ1) is 16.2. The molecule has 6 heteroatoms. The molecular formula is C17H16N2O4. The fourth-order valence-electron chi connectivity index (χ4n) is 1.81. The van der Waals surface area contributed by atoms with Crippen molar-refractivity contribution < 1.29 is 19.1 Å².